The lowest BCUT2D eigenvalue weighted by Crippen LogP contribution is -2.46. The van der Waals surface area contributed by atoms with Crippen molar-refractivity contribution >= 4 is 16.8 Å². The summed E-state index contributed by atoms with van der Waals surface area (Å²) in [6, 6.07) is 10.7. The maximum absolute atomic E-state index is 12.8. The lowest BCUT2D eigenvalue weighted by atomic mass is 9.87. The third kappa shape index (κ3) is 5.18. The molecule has 1 amide bonds. The first-order chi connectivity index (χ1) is 16.4. The Balaban J connectivity index is 1.51. The molecule has 1 aromatic carbocycles. The summed E-state index contributed by atoms with van der Waals surface area (Å²) >= 11 is 0. The van der Waals surface area contributed by atoms with Crippen molar-refractivity contribution < 1.29 is 4.79 Å². The number of piperidine rings is 1. The van der Waals surface area contributed by atoms with Gasteiger partial charge < -0.3 is 21.4 Å². The molecule has 182 valence electrons. The summed E-state index contributed by atoms with van der Waals surface area (Å²) in [4.78, 5) is 22.7. The summed E-state index contributed by atoms with van der Waals surface area (Å²) in [5, 5.41) is 1.30. The van der Waals surface area contributed by atoms with E-state index in [1.54, 1.807) is 0 Å². The zero-order valence-corrected chi connectivity index (χ0v) is 20.8. The Hall–Kier alpha value is -2.70. The van der Waals surface area contributed by atoms with Gasteiger partial charge in [0.25, 0.3) is 0 Å². The van der Waals surface area contributed by atoms with E-state index in [9.17, 15) is 4.79 Å². The fourth-order valence-electron chi connectivity index (χ4n) is 5.31. The van der Waals surface area contributed by atoms with E-state index in [1.165, 1.54) is 33.3 Å². The molecule has 0 saturated carbocycles. The molecule has 4 rings (SSSR count). The van der Waals surface area contributed by atoms with Crippen LogP contribution in [0, 0.1) is 6.92 Å². The quantitative estimate of drug-likeness (QED) is 0.418. The summed E-state index contributed by atoms with van der Waals surface area (Å²) in [5.41, 5.74) is 19.0. The zero-order chi connectivity index (χ0) is 24.2. The molecule has 1 atom stereocenters. The molecule has 1 aliphatic heterocycles. The molecule has 0 aliphatic carbocycles. The lowest BCUT2D eigenvalue weighted by molar-refractivity contribution is -0.133. The molecule has 0 spiro atoms. The van der Waals surface area contributed by atoms with Crippen molar-refractivity contribution in [3.63, 3.8) is 0 Å². The highest BCUT2D eigenvalue weighted by atomic mass is 16.2. The number of aromatic amines is 1. The first kappa shape index (κ1) is 24.4. The van der Waals surface area contributed by atoms with Gasteiger partial charge >= 0.3 is 0 Å². The summed E-state index contributed by atoms with van der Waals surface area (Å²) in [5.74, 6) is 0.951. The molecule has 1 fully saturated rings. The predicted molar refractivity (Wildman–Crippen MR) is 140 cm³/mol. The molecule has 0 radical (unpaired) electrons. The van der Waals surface area contributed by atoms with Crippen molar-refractivity contribution in [2.75, 3.05) is 19.6 Å². The summed E-state index contributed by atoms with van der Waals surface area (Å²) < 4.78 is 0. The monoisotopic (exact) mass is 461 g/mol. The molecule has 34 heavy (non-hydrogen) atoms. The maximum atomic E-state index is 12.8. The number of unbranched alkanes of at least 4 members (excludes halogenated alkanes) is 1. The number of hydrogen-bond donors (Lipinski definition) is 3. The Bertz CT molecular complexity index is 1130. The van der Waals surface area contributed by atoms with Crippen LogP contribution >= 0.6 is 0 Å². The molecule has 3 heterocycles. The molecule has 6 nitrogen and oxygen atoms in total. The highest BCUT2D eigenvalue weighted by Gasteiger charge is 2.27. The number of likely N-dealkylation sites (tertiary alicyclic amines) is 1. The van der Waals surface area contributed by atoms with Gasteiger partial charge in [-0.25, -0.2) is 0 Å². The minimum atomic E-state index is -0.400. The van der Waals surface area contributed by atoms with Crippen molar-refractivity contribution in [1.29, 1.82) is 0 Å². The number of hydrogen-bond acceptors (Lipinski definition) is 4. The molecular formula is C28H39N5O. The van der Waals surface area contributed by atoms with Gasteiger partial charge in [-0.1, -0.05) is 26.3 Å². The van der Waals surface area contributed by atoms with Crippen molar-refractivity contribution in [3.05, 3.63) is 53.3 Å². The Kier molecular flexibility index (Phi) is 7.69. The molecule has 0 unspecified atom stereocenters. The summed E-state index contributed by atoms with van der Waals surface area (Å²) in [7, 11) is 0. The summed E-state index contributed by atoms with van der Waals surface area (Å²) in [6.07, 6.45) is 6.39. The second kappa shape index (κ2) is 10.7. The van der Waals surface area contributed by atoms with E-state index >= 15 is 0 Å². The number of nitrogens with zero attached hydrogens (tertiary/aromatic N) is 2. The zero-order valence-electron chi connectivity index (χ0n) is 20.8. The van der Waals surface area contributed by atoms with Gasteiger partial charge in [-0.15, -0.1) is 0 Å². The highest BCUT2D eigenvalue weighted by molar-refractivity contribution is 5.92. The molecule has 5 N–H and O–H groups in total. The van der Waals surface area contributed by atoms with Gasteiger partial charge in [0.2, 0.25) is 5.91 Å². The molecule has 1 aliphatic rings. The van der Waals surface area contributed by atoms with Crippen LogP contribution in [0.15, 0.2) is 36.5 Å². The topological polar surface area (TPSA) is 101 Å². The number of rotatable bonds is 8. The highest BCUT2D eigenvalue weighted by Crippen LogP contribution is 2.38. The van der Waals surface area contributed by atoms with E-state index < -0.39 is 6.04 Å². The van der Waals surface area contributed by atoms with Crippen molar-refractivity contribution in [2.45, 2.75) is 70.8 Å². The Morgan fingerprint density at radius 2 is 1.94 bits per heavy atom. The van der Waals surface area contributed by atoms with Gasteiger partial charge in [-0.2, -0.15) is 0 Å². The normalized spacial score (nSPS) is 15.9. The van der Waals surface area contributed by atoms with Crippen LogP contribution in [0.3, 0.4) is 0 Å². The third-order valence-corrected chi connectivity index (χ3v) is 7.19. The van der Waals surface area contributed by atoms with Gasteiger partial charge in [0.1, 0.15) is 0 Å². The van der Waals surface area contributed by atoms with Gasteiger partial charge in [0.05, 0.1) is 11.7 Å². The molecule has 3 aromatic rings. The number of nitrogens with one attached hydrogen (secondary N) is 1. The second-order valence-corrected chi connectivity index (χ2v) is 10.0. The van der Waals surface area contributed by atoms with Crippen LogP contribution in [0.1, 0.15) is 74.6 Å². The third-order valence-electron chi connectivity index (χ3n) is 7.19. The Labute approximate surface area is 203 Å². The van der Waals surface area contributed by atoms with Crippen LogP contribution in [0.5, 0.6) is 0 Å². The number of carbonyl (C=O) groups is 1. The number of aromatic nitrogens is 2. The van der Waals surface area contributed by atoms with Gasteiger partial charge in [0.15, 0.2) is 0 Å². The van der Waals surface area contributed by atoms with Crippen LogP contribution in [0.2, 0.25) is 0 Å². The second-order valence-electron chi connectivity index (χ2n) is 10.0. The fourth-order valence-corrected chi connectivity index (χ4v) is 5.31. The lowest BCUT2D eigenvalue weighted by Gasteiger charge is -2.34. The smallest absolute Gasteiger partial charge is 0.239 e. The van der Waals surface area contributed by atoms with E-state index in [4.69, 9.17) is 11.5 Å². The van der Waals surface area contributed by atoms with Crippen LogP contribution in [-0.4, -0.2) is 46.5 Å². The maximum Gasteiger partial charge on any atom is 0.239 e. The van der Waals surface area contributed by atoms with Crippen LogP contribution in [-0.2, 0) is 4.79 Å². The molecule has 2 aromatic heterocycles. The van der Waals surface area contributed by atoms with Gasteiger partial charge in [0, 0.05) is 41.4 Å². The number of benzene rings is 1. The Morgan fingerprint density at radius 3 is 2.62 bits per heavy atom. The minimum Gasteiger partial charge on any atom is -0.354 e. The van der Waals surface area contributed by atoms with E-state index in [-0.39, 0.29) is 5.91 Å². The number of nitrogens with two attached hydrogens (primary N) is 2. The predicted octanol–water partition coefficient (Wildman–Crippen LogP) is 4.82. The number of aryl methyl sites for hydroxylation is 1. The average Bonchev–Trinajstić information content (AvgIpc) is 3.23. The van der Waals surface area contributed by atoms with E-state index in [2.05, 4.69) is 54.1 Å². The molecular weight excluding hydrogens is 422 g/mol. The van der Waals surface area contributed by atoms with E-state index in [1.807, 2.05) is 18.0 Å². The van der Waals surface area contributed by atoms with Crippen molar-refractivity contribution in [3.8, 4) is 11.3 Å². The van der Waals surface area contributed by atoms with Crippen LogP contribution in [0.4, 0.5) is 0 Å². The Morgan fingerprint density at radius 1 is 1.18 bits per heavy atom. The van der Waals surface area contributed by atoms with Gasteiger partial charge in [-0.3, -0.25) is 9.78 Å². The first-order valence-corrected chi connectivity index (χ1v) is 12.7. The molecule has 6 heteroatoms. The molecule has 0 bridgehead atoms. The summed E-state index contributed by atoms with van der Waals surface area (Å²) in [6.45, 7) is 8.75. The minimum absolute atomic E-state index is 0.0935. The van der Waals surface area contributed by atoms with Crippen LogP contribution < -0.4 is 11.5 Å². The standard InChI is InChI=1S/C28H39N5O/c1-18(2)26-23-17-21(7-8-25(23)32-27(26)22-9-13-31-19(3)16-22)20-10-14-33(15-11-20)28(34)24(30)6-4-5-12-29/h7-9,13,16-18,20,24,32H,4-6,10-12,14-15,29-30H2,1-3H3/t24-/m0/s1. The number of amides is 1. The first-order valence-electron chi connectivity index (χ1n) is 12.7. The van der Waals surface area contributed by atoms with E-state index in [0.29, 0.717) is 18.4 Å². The van der Waals surface area contributed by atoms with E-state index in [0.717, 1.165) is 50.9 Å². The number of fused-ring (bicyclic) bond motifs is 1. The number of pyridine rings is 1. The number of H-pyrrole nitrogens is 1. The van der Waals surface area contributed by atoms with Gasteiger partial charge in [-0.05, 0) is 86.4 Å². The largest absolute Gasteiger partial charge is 0.354 e. The van der Waals surface area contributed by atoms with Crippen molar-refractivity contribution in [2.24, 2.45) is 11.5 Å². The number of carbonyl (C=O) groups excluding carboxylic acids is 1. The van der Waals surface area contributed by atoms with Crippen molar-refractivity contribution in [1.82, 2.24) is 14.9 Å². The van der Waals surface area contributed by atoms with Crippen LogP contribution in [0.25, 0.3) is 22.2 Å². The molecule has 1 saturated heterocycles. The SMILES string of the molecule is Cc1cc(-c2[nH]c3ccc(C4CCN(C(=O)[C@@H](N)CCCCN)CC4)cc3c2C(C)C)ccn1. The fraction of sp³-hybridized carbons (Fsp3) is 0.500. The average molecular weight is 462 g/mol.